The molecular formula is C19H18F2N2O2. The Kier molecular flexibility index (Phi) is 4.79. The molecule has 1 unspecified atom stereocenters. The van der Waals surface area contributed by atoms with Crippen molar-refractivity contribution in [3.63, 3.8) is 0 Å². The lowest BCUT2D eigenvalue weighted by Crippen LogP contribution is -2.27. The number of amides is 2. The maximum absolute atomic E-state index is 13.3. The molecule has 6 heteroatoms. The van der Waals surface area contributed by atoms with Gasteiger partial charge in [-0.3, -0.25) is 9.59 Å². The van der Waals surface area contributed by atoms with Crippen LogP contribution in [0.4, 0.5) is 14.5 Å². The molecule has 1 saturated heterocycles. The third kappa shape index (κ3) is 3.68. The SMILES string of the molecule is CC(NC(=O)c1ccc(N2CCCC2=O)cc1)c1ccc(F)c(F)c1. The Bertz CT molecular complexity index is 806. The molecule has 2 aromatic carbocycles. The fourth-order valence-corrected chi connectivity index (χ4v) is 2.86. The van der Waals surface area contributed by atoms with Gasteiger partial charge in [-0.25, -0.2) is 8.78 Å². The van der Waals surface area contributed by atoms with Gasteiger partial charge in [0, 0.05) is 24.2 Å². The van der Waals surface area contributed by atoms with E-state index in [4.69, 9.17) is 0 Å². The van der Waals surface area contributed by atoms with Crippen molar-refractivity contribution in [3.8, 4) is 0 Å². The van der Waals surface area contributed by atoms with Crippen molar-refractivity contribution in [2.24, 2.45) is 0 Å². The van der Waals surface area contributed by atoms with Gasteiger partial charge in [-0.05, 0) is 55.3 Å². The van der Waals surface area contributed by atoms with Crippen molar-refractivity contribution < 1.29 is 18.4 Å². The molecule has 0 aromatic heterocycles. The molecule has 2 amide bonds. The van der Waals surface area contributed by atoms with E-state index in [2.05, 4.69) is 5.32 Å². The Hall–Kier alpha value is -2.76. The summed E-state index contributed by atoms with van der Waals surface area (Å²) in [7, 11) is 0. The van der Waals surface area contributed by atoms with Crippen molar-refractivity contribution in [3.05, 3.63) is 65.2 Å². The Morgan fingerprint density at radius 1 is 1.12 bits per heavy atom. The molecule has 0 bridgehead atoms. The van der Waals surface area contributed by atoms with E-state index >= 15 is 0 Å². The van der Waals surface area contributed by atoms with Gasteiger partial charge in [0.2, 0.25) is 5.91 Å². The number of hydrogen-bond donors (Lipinski definition) is 1. The maximum Gasteiger partial charge on any atom is 0.251 e. The summed E-state index contributed by atoms with van der Waals surface area (Å²) < 4.78 is 26.3. The number of anilines is 1. The van der Waals surface area contributed by atoms with Crippen LogP contribution < -0.4 is 10.2 Å². The lowest BCUT2D eigenvalue weighted by molar-refractivity contribution is -0.117. The summed E-state index contributed by atoms with van der Waals surface area (Å²) in [5.41, 5.74) is 1.68. The first-order chi connectivity index (χ1) is 12.0. The van der Waals surface area contributed by atoms with Crippen LogP contribution in [-0.4, -0.2) is 18.4 Å². The zero-order chi connectivity index (χ0) is 18.0. The molecule has 1 aliphatic heterocycles. The van der Waals surface area contributed by atoms with Crippen LogP contribution in [-0.2, 0) is 4.79 Å². The summed E-state index contributed by atoms with van der Waals surface area (Å²) in [5.74, 6) is -2.10. The summed E-state index contributed by atoms with van der Waals surface area (Å²) >= 11 is 0. The molecule has 4 nitrogen and oxygen atoms in total. The normalized spacial score (nSPS) is 15.3. The highest BCUT2D eigenvalue weighted by atomic mass is 19.2. The number of carbonyl (C=O) groups excluding carboxylic acids is 2. The van der Waals surface area contributed by atoms with E-state index in [1.807, 2.05) is 0 Å². The minimum Gasteiger partial charge on any atom is -0.346 e. The van der Waals surface area contributed by atoms with Crippen molar-refractivity contribution in [1.82, 2.24) is 5.32 Å². The Labute approximate surface area is 144 Å². The minimum atomic E-state index is -0.946. The molecule has 2 aromatic rings. The van der Waals surface area contributed by atoms with Crippen LogP contribution in [0.2, 0.25) is 0 Å². The van der Waals surface area contributed by atoms with Gasteiger partial charge >= 0.3 is 0 Å². The second kappa shape index (κ2) is 7.01. The first-order valence-corrected chi connectivity index (χ1v) is 8.12. The van der Waals surface area contributed by atoms with Crippen LogP contribution in [0.3, 0.4) is 0 Å². The predicted octanol–water partition coefficient (Wildman–Crippen LogP) is 3.58. The van der Waals surface area contributed by atoms with Crippen LogP contribution in [0, 0.1) is 11.6 Å². The second-order valence-electron chi connectivity index (χ2n) is 6.06. The quantitative estimate of drug-likeness (QED) is 0.922. The molecule has 1 fully saturated rings. The van der Waals surface area contributed by atoms with Crippen LogP contribution in [0.15, 0.2) is 42.5 Å². The molecule has 1 atom stereocenters. The van der Waals surface area contributed by atoms with Gasteiger partial charge in [0.1, 0.15) is 0 Å². The topological polar surface area (TPSA) is 49.4 Å². The van der Waals surface area contributed by atoms with Gasteiger partial charge < -0.3 is 10.2 Å². The third-order valence-electron chi connectivity index (χ3n) is 4.31. The average Bonchev–Trinajstić information content (AvgIpc) is 3.03. The van der Waals surface area contributed by atoms with Crippen LogP contribution in [0.1, 0.15) is 41.7 Å². The van der Waals surface area contributed by atoms with Crippen LogP contribution in [0.25, 0.3) is 0 Å². The minimum absolute atomic E-state index is 0.0872. The van der Waals surface area contributed by atoms with Gasteiger partial charge in [-0.1, -0.05) is 6.07 Å². The summed E-state index contributed by atoms with van der Waals surface area (Å²) in [6.45, 7) is 2.39. The van der Waals surface area contributed by atoms with Gasteiger partial charge in [0.15, 0.2) is 11.6 Å². The molecule has 1 N–H and O–H groups in total. The molecule has 0 saturated carbocycles. The monoisotopic (exact) mass is 344 g/mol. The van der Waals surface area contributed by atoms with Crippen molar-refractivity contribution >= 4 is 17.5 Å². The summed E-state index contributed by atoms with van der Waals surface area (Å²) in [4.78, 5) is 25.8. The molecular weight excluding hydrogens is 326 g/mol. The second-order valence-corrected chi connectivity index (χ2v) is 6.06. The van der Waals surface area contributed by atoms with Gasteiger partial charge in [-0.2, -0.15) is 0 Å². The fourth-order valence-electron chi connectivity index (χ4n) is 2.86. The van der Waals surface area contributed by atoms with E-state index in [9.17, 15) is 18.4 Å². The highest BCUT2D eigenvalue weighted by molar-refractivity contribution is 5.97. The lowest BCUT2D eigenvalue weighted by atomic mass is 10.1. The zero-order valence-corrected chi connectivity index (χ0v) is 13.8. The Balaban J connectivity index is 1.68. The van der Waals surface area contributed by atoms with E-state index in [-0.39, 0.29) is 11.8 Å². The standard InChI is InChI=1S/C19H18F2N2O2/c1-12(14-6-9-16(20)17(21)11-14)22-19(25)13-4-7-15(8-5-13)23-10-2-3-18(23)24/h4-9,11-12H,2-3,10H2,1H3,(H,22,25). The smallest absolute Gasteiger partial charge is 0.251 e. The summed E-state index contributed by atoms with van der Waals surface area (Å²) in [6, 6.07) is 9.84. The van der Waals surface area contributed by atoms with E-state index in [1.165, 1.54) is 6.07 Å². The molecule has 1 aliphatic rings. The predicted molar refractivity (Wildman–Crippen MR) is 90.3 cm³/mol. The van der Waals surface area contributed by atoms with Crippen LogP contribution in [0.5, 0.6) is 0 Å². The molecule has 25 heavy (non-hydrogen) atoms. The van der Waals surface area contributed by atoms with Crippen LogP contribution >= 0.6 is 0 Å². The molecule has 0 aliphatic carbocycles. The third-order valence-corrected chi connectivity index (χ3v) is 4.31. The number of hydrogen-bond acceptors (Lipinski definition) is 2. The number of nitrogens with zero attached hydrogens (tertiary/aromatic N) is 1. The van der Waals surface area contributed by atoms with Gasteiger partial charge in [-0.15, -0.1) is 0 Å². The van der Waals surface area contributed by atoms with E-state index in [0.717, 1.165) is 24.2 Å². The highest BCUT2D eigenvalue weighted by Gasteiger charge is 2.22. The highest BCUT2D eigenvalue weighted by Crippen LogP contribution is 2.22. The van der Waals surface area contributed by atoms with E-state index in [1.54, 1.807) is 36.1 Å². The molecule has 0 radical (unpaired) electrons. The molecule has 130 valence electrons. The van der Waals surface area contributed by atoms with Gasteiger partial charge in [0.05, 0.1) is 6.04 Å². The lowest BCUT2D eigenvalue weighted by Gasteiger charge is -2.17. The number of benzene rings is 2. The first kappa shape index (κ1) is 17.1. The summed E-state index contributed by atoms with van der Waals surface area (Å²) in [5, 5.41) is 2.75. The Morgan fingerprint density at radius 3 is 2.44 bits per heavy atom. The van der Waals surface area contributed by atoms with Crippen molar-refractivity contribution in [1.29, 1.82) is 0 Å². The number of halogens is 2. The number of carbonyl (C=O) groups is 2. The molecule has 0 spiro atoms. The average molecular weight is 344 g/mol. The van der Waals surface area contributed by atoms with E-state index in [0.29, 0.717) is 24.1 Å². The first-order valence-electron chi connectivity index (χ1n) is 8.12. The van der Waals surface area contributed by atoms with Crippen molar-refractivity contribution in [2.75, 3.05) is 11.4 Å². The maximum atomic E-state index is 13.3. The zero-order valence-electron chi connectivity index (χ0n) is 13.8. The molecule has 3 rings (SSSR count). The van der Waals surface area contributed by atoms with Crippen molar-refractivity contribution in [2.45, 2.75) is 25.8 Å². The molecule has 1 heterocycles. The Morgan fingerprint density at radius 2 is 1.84 bits per heavy atom. The fraction of sp³-hybridized carbons (Fsp3) is 0.263. The number of nitrogens with one attached hydrogen (secondary N) is 1. The largest absolute Gasteiger partial charge is 0.346 e. The summed E-state index contributed by atoms with van der Waals surface area (Å²) in [6.07, 6.45) is 1.39. The van der Waals surface area contributed by atoms with E-state index < -0.39 is 17.7 Å². The number of rotatable bonds is 4. The van der Waals surface area contributed by atoms with Gasteiger partial charge in [0.25, 0.3) is 5.91 Å².